The fourth-order valence-corrected chi connectivity index (χ4v) is 3.52. The molecule has 23 heavy (non-hydrogen) atoms. The van der Waals surface area contributed by atoms with Crippen LogP contribution in [-0.4, -0.2) is 44.1 Å². The van der Waals surface area contributed by atoms with Crippen molar-refractivity contribution in [2.24, 2.45) is 10.9 Å². The van der Waals surface area contributed by atoms with Gasteiger partial charge >= 0.3 is 0 Å². The molecule has 1 heterocycles. The molecule has 6 heteroatoms. The summed E-state index contributed by atoms with van der Waals surface area (Å²) < 4.78 is 0. The Morgan fingerprint density at radius 2 is 1.87 bits per heavy atom. The van der Waals surface area contributed by atoms with Gasteiger partial charge in [0.15, 0.2) is 5.96 Å². The Bertz CT molecular complexity index is 496. The molecule has 1 aliphatic carbocycles. The van der Waals surface area contributed by atoms with E-state index in [-0.39, 0.29) is 24.0 Å². The van der Waals surface area contributed by atoms with Crippen LogP contribution in [0.3, 0.4) is 0 Å². The van der Waals surface area contributed by atoms with E-state index in [1.165, 1.54) is 48.7 Å². The third-order valence-electron chi connectivity index (χ3n) is 4.25. The smallest absolute Gasteiger partial charge is 0.191 e. The highest BCUT2D eigenvalue weighted by Crippen LogP contribution is 2.27. The number of halogens is 1. The minimum atomic E-state index is 0. The van der Waals surface area contributed by atoms with Crippen molar-refractivity contribution in [3.8, 4) is 0 Å². The summed E-state index contributed by atoms with van der Waals surface area (Å²) in [5.41, 5.74) is 2.64. The molecular formula is C17H27IN4S. The Kier molecular flexibility index (Phi) is 7.82. The molecule has 1 saturated carbocycles. The van der Waals surface area contributed by atoms with Gasteiger partial charge in [0.2, 0.25) is 0 Å². The lowest BCUT2D eigenvalue weighted by atomic mass is 10.2. The van der Waals surface area contributed by atoms with Crippen LogP contribution in [0.2, 0.25) is 0 Å². The van der Waals surface area contributed by atoms with Crippen LogP contribution in [0.15, 0.2) is 29.3 Å². The average Bonchev–Trinajstić information content (AvgIpc) is 3.41. The Morgan fingerprint density at radius 3 is 2.48 bits per heavy atom. The summed E-state index contributed by atoms with van der Waals surface area (Å²) in [6.07, 6.45) is 2.72. The summed E-state index contributed by atoms with van der Waals surface area (Å²) in [5, 5.41) is 6.78. The molecule has 1 aliphatic heterocycles. The molecule has 1 aromatic rings. The highest BCUT2D eigenvalue weighted by atomic mass is 127. The highest BCUT2D eigenvalue weighted by Gasteiger charge is 2.21. The van der Waals surface area contributed by atoms with E-state index in [1.54, 1.807) is 0 Å². The van der Waals surface area contributed by atoms with Gasteiger partial charge in [-0.1, -0.05) is 12.1 Å². The summed E-state index contributed by atoms with van der Waals surface area (Å²) in [6, 6.07) is 8.93. The first kappa shape index (κ1) is 18.7. The number of nitrogens with one attached hydrogen (secondary N) is 2. The Balaban J connectivity index is 0.00000192. The van der Waals surface area contributed by atoms with E-state index in [1.807, 2.05) is 18.8 Å². The van der Waals surface area contributed by atoms with Crippen LogP contribution in [0.1, 0.15) is 18.4 Å². The van der Waals surface area contributed by atoms with E-state index < -0.39 is 0 Å². The molecule has 1 aromatic carbocycles. The lowest BCUT2D eigenvalue weighted by molar-refractivity contribution is 0.737. The second-order valence-electron chi connectivity index (χ2n) is 6.02. The number of hydrogen-bond acceptors (Lipinski definition) is 3. The first-order valence-electron chi connectivity index (χ1n) is 8.21. The van der Waals surface area contributed by atoms with Gasteiger partial charge < -0.3 is 15.5 Å². The summed E-state index contributed by atoms with van der Waals surface area (Å²) in [7, 11) is 1.83. The highest BCUT2D eigenvalue weighted by molar-refractivity contribution is 14.0. The van der Waals surface area contributed by atoms with Crippen molar-refractivity contribution >= 4 is 47.4 Å². The standard InChI is InChI=1S/C17H26N4S.HI/c1-18-17(19-12-14-2-3-14)20-13-15-4-6-16(7-5-15)21-8-10-22-11-9-21;/h4-7,14H,2-3,8-13H2,1H3,(H2,18,19,20);1H. The first-order valence-corrected chi connectivity index (χ1v) is 9.37. The van der Waals surface area contributed by atoms with E-state index >= 15 is 0 Å². The summed E-state index contributed by atoms with van der Waals surface area (Å²) in [5.74, 6) is 4.25. The Morgan fingerprint density at radius 1 is 1.17 bits per heavy atom. The molecular weight excluding hydrogens is 419 g/mol. The van der Waals surface area contributed by atoms with Gasteiger partial charge in [-0.15, -0.1) is 24.0 Å². The maximum absolute atomic E-state index is 4.28. The lowest BCUT2D eigenvalue weighted by Gasteiger charge is -2.28. The van der Waals surface area contributed by atoms with Crippen molar-refractivity contribution in [1.82, 2.24) is 10.6 Å². The monoisotopic (exact) mass is 446 g/mol. The number of thioether (sulfide) groups is 1. The summed E-state index contributed by atoms with van der Waals surface area (Å²) in [6.45, 7) is 4.20. The maximum atomic E-state index is 4.28. The molecule has 0 radical (unpaired) electrons. The predicted molar refractivity (Wildman–Crippen MR) is 112 cm³/mol. The topological polar surface area (TPSA) is 39.7 Å². The number of aliphatic imine (C=N–C) groups is 1. The third-order valence-corrected chi connectivity index (χ3v) is 5.19. The van der Waals surface area contributed by atoms with E-state index in [0.29, 0.717) is 0 Å². The quantitative estimate of drug-likeness (QED) is 0.415. The van der Waals surface area contributed by atoms with E-state index in [0.717, 1.165) is 25.0 Å². The zero-order valence-electron chi connectivity index (χ0n) is 13.8. The van der Waals surface area contributed by atoms with E-state index in [2.05, 4.69) is 44.8 Å². The second kappa shape index (κ2) is 9.61. The van der Waals surface area contributed by atoms with Crippen LogP contribution >= 0.6 is 35.7 Å². The zero-order valence-corrected chi connectivity index (χ0v) is 16.9. The fraction of sp³-hybridized carbons (Fsp3) is 0.588. The predicted octanol–water partition coefficient (Wildman–Crippen LogP) is 2.93. The summed E-state index contributed by atoms with van der Waals surface area (Å²) >= 11 is 2.05. The molecule has 2 fully saturated rings. The van der Waals surface area contributed by atoms with Crippen LogP contribution in [0.4, 0.5) is 5.69 Å². The van der Waals surface area contributed by atoms with Gasteiger partial charge in [0.05, 0.1) is 0 Å². The van der Waals surface area contributed by atoms with Gasteiger partial charge in [-0.2, -0.15) is 11.8 Å². The number of rotatable bonds is 5. The van der Waals surface area contributed by atoms with Crippen LogP contribution in [0, 0.1) is 5.92 Å². The largest absolute Gasteiger partial charge is 0.370 e. The maximum Gasteiger partial charge on any atom is 0.191 e. The molecule has 128 valence electrons. The van der Waals surface area contributed by atoms with Gasteiger partial charge in [0, 0.05) is 50.4 Å². The van der Waals surface area contributed by atoms with Crippen molar-refractivity contribution in [2.45, 2.75) is 19.4 Å². The number of anilines is 1. The normalized spacial score (nSPS) is 18.3. The van der Waals surface area contributed by atoms with Gasteiger partial charge in [-0.05, 0) is 36.5 Å². The summed E-state index contributed by atoms with van der Waals surface area (Å²) in [4.78, 5) is 6.75. The fourth-order valence-electron chi connectivity index (χ4n) is 2.62. The number of nitrogens with zero attached hydrogens (tertiary/aromatic N) is 2. The molecule has 2 aliphatic rings. The van der Waals surface area contributed by atoms with Crippen LogP contribution in [0.5, 0.6) is 0 Å². The number of guanidine groups is 1. The Labute approximate surface area is 160 Å². The lowest BCUT2D eigenvalue weighted by Crippen LogP contribution is -2.37. The first-order chi connectivity index (χ1) is 10.8. The van der Waals surface area contributed by atoms with Crippen LogP contribution in [-0.2, 0) is 6.54 Å². The third kappa shape index (κ3) is 6.06. The average molecular weight is 446 g/mol. The Hall–Kier alpha value is -0.630. The SMILES string of the molecule is CN=C(NCc1ccc(N2CCSCC2)cc1)NCC1CC1.I. The molecule has 0 bridgehead atoms. The van der Waals surface area contributed by atoms with E-state index in [4.69, 9.17) is 0 Å². The number of hydrogen-bond donors (Lipinski definition) is 2. The van der Waals surface area contributed by atoms with Crippen molar-refractivity contribution in [2.75, 3.05) is 43.1 Å². The minimum Gasteiger partial charge on any atom is -0.370 e. The van der Waals surface area contributed by atoms with Crippen LogP contribution < -0.4 is 15.5 Å². The van der Waals surface area contributed by atoms with Crippen molar-refractivity contribution in [3.63, 3.8) is 0 Å². The molecule has 0 spiro atoms. The van der Waals surface area contributed by atoms with Crippen molar-refractivity contribution < 1.29 is 0 Å². The van der Waals surface area contributed by atoms with Crippen molar-refractivity contribution in [3.05, 3.63) is 29.8 Å². The van der Waals surface area contributed by atoms with Gasteiger partial charge in [0.1, 0.15) is 0 Å². The van der Waals surface area contributed by atoms with Gasteiger partial charge in [-0.3, -0.25) is 4.99 Å². The van der Waals surface area contributed by atoms with Gasteiger partial charge in [-0.25, -0.2) is 0 Å². The molecule has 0 aromatic heterocycles. The molecule has 0 amide bonds. The molecule has 1 saturated heterocycles. The molecule has 3 rings (SSSR count). The van der Waals surface area contributed by atoms with Crippen LogP contribution in [0.25, 0.3) is 0 Å². The molecule has 0 atom stereocenters. The van der Waals surface area contributed by atoms with E-state index in [9.17, 15) is 0 Å². The van der Waals surface area contributed by atoms with Gasteiger partial charge in [0.25, 0.3) is 0 Å². The molecule has 0 unspecified atom stereocenters. The van der Waals surface area contributed by atoms with Crippen molar-refractivity contribution in [1.29, 1.82) is 0 Å². The molecule has 2 N–H and O–H groups in total. The minimum absolute atomic E-state index is 0. The molecule has 4 nitrogen and oxygen atoms in total. The zero-order chi connectivity index (χ0) is 15.2. The second-order valence-corrected chi connectivity index (χ2v) is 7.24. The number of benzene rings is 1.